The normalized spacial score (nSPS) is 18.4. The molecule has 33 heavy (non-hydrogen) atoms. The van der Waals surface area contributed by atoms with E-state index in [1.54, 1.807) is 0 Å². The van der Waals surface area contributed by atoms with E-state index in [0.29, 0.717) is 6.61 Å². The van der Waals surface area contributed by atoms with Gasteiger partial charge in [-0.25, -0.2) is 0 Å². The maximum Gasteiger partial charge on any atom is 0.157 e. The van der Waals surface area contributed by atoms with Crippen molar-refractivity contribution >= 4 is 6.29 Å². The van der Waals surface area contributed by atoms with Crippen molar-refractivity contribution in [3.05, 3.63) is 58.2 Å². The average molecular weight is 457 g/mol. The highest BCUT2D eigenvalue weighted by molar-refractivity contribution is 5.73. The summed E-state index contributed by atoms with van der Waals surface area (Å²) in [7, 11) is 0. The summed E-state index contributed by atoms with van der Waals surface area (Å²) in [6.07, 6.45) is 23.6. The van der Waals surface area contributed by atoms with E-state index in [4.69, 9.17) is 9.47 Å². The lowest BCUT2D eigenvalue weighted by Crippen LogP contribution is -2.22. The van der Waals surface area contributed by atoms with Crippen molar-refractivity contribution in [3.63, 3.8) is 0 Å². The summed E-state index contributed by atoms with van der Waals surface area (Å²) < 4.78 is 11.3. The Balaban J connectivity index is 2.25. The summed E-state index contributed by atoms with van der Waals surface area (Å²) in [4.78, 5) is 11.4. The molecule has 1 heterocycles. The van der Waals surface area contributed by atoms with Crippen LogP contribution in [0.5, 0.6) is 0 Å². The molecule has 3 nitrogen and oxygen atoms in total. The molecule has 0 amide bonds. The van der Waals surface area contributed by atoms with Crippen molar-refractivity contribution in [2.75, 3.05) is 13.2 Å². The first kappa shape index (κ1) is 29.3. The maximum absolute atomic E-state index is 11.4. The highest BCUT2D eigenvalue weighted by Gasteiger charge is 2.12. The Hall–Kier alpha value is -1.71. The quantitative estimate of drug-likeness (QED) is 0.132. The van der Waals surface area contributed by atoms with Gasteiger partial charge < -0.3 is 9.47 Å². The van der Waals surface area contributed by atoms with Crippen molar-refractivity contribution in [3.8, 4) is 0 Å². The summed E-state index contributed by atoms with van der Waals surface area (Å²) in [5.74, 6) is 0. The topological polar surface area (TPSA) is 35.5 Å². The van der Waals surface area contributed by atoms with E-state index in [1.807, 2.05) is 0 Å². The minimum absolute atomic E-state index is 0.0338. The van der Waals surface area contributed by atoms with Gasteiger partial charge >= 0.3 is 0 Å². The molecule has 0 aromatic heterocycles. The van der Waals surface area contributed by atoms with Crippen LogP contribution in [0.15, 0.2) is 58.2 Å². The number of allylic oxidation sites excluding steroid dienone is 9. The number of hydrogen-bond acceptors (Lipinski definition) is 3. The Morgan fingerprint density at radius 3 is 1.91 bits per heavy atom. The summed E-state index contributed by atoms with van der Waals surface area (Å²) in [6.45, 7) is 12.3. The van der Waals surface area contributed by atoms with Crippen LogP contribution in [0.4, 0.5) is 0 Å². The predicted molar refractivity (Wildman–Crippen MR) is 141 cm³/mol. The van der Waals surface area contributed by atoms with E-state index in [2.05, 4.69) is 65.0 Å². The van der Waals surface area contributed by atoms with Crippen molar-refractivity contribution in [2.45, 2.75) is 112 Å². The monoisotopic (exact) mass is 456 g/mol. The highest BCUT2D eigenvalue weighted by Crippen LogP contribution is 2.16. The third-order valence-corrected chi connectivity index (χ3v) is 6.00. The first-order valence-electron chi connectivity index (χ1n) is 12.9. The first-order valence-corrected chi connectivity index (χ1v) is 12.9. The van der Waals surface area contributed by atoms with Crippen LogP contribution in [-0.2, 0) is 14.3 Å². The Kier molecular flexibility index (Phi) is 16.6. The van der Waals surface area contributed by atoms with Crippen LogP contribution in [0.1, 0.15) is 105 Å². The lowest BCUT2D eigenvalue weighted by atomic mass is 10.0. The third kappa shape index (κ3) is 16.5. The van der Waals surface area contributed by atoms with Gasteiger partial charge in [0.2, 0.25) is 0 Å². The largest absolute Gasteiger partial charge is 0.353 e. The fraction of sp³-hybridized carbons (Fsp3) is 0.633. The minimum atomic E-state index is -0.0338. The van der Waals surface area contributed by atoms with Gasteiger partial charge in [0, 0.05) is 6.61 Å². The van der Waals surface area contributed by atoms with Gasteiger partial charge in [0.05, 0.1) is 6.61 Å². The van der Waals surface area contributed by atoms with Gasteiger partial charge in [0.15, 0.2) is 6.29 Å². The zero-order valence-electron chi connectivity index (χ0n) is 22.0. The van der Waals surface area contributed by atoms with Crippen molar-refractivity contribution in [2.24, 2.45) is 0 Å². The van der Waals surface area contributed by atoms with Crippen LogP contribution >= 0.6 is 0 Å². The van der Waals surface area contributed by atoms with Crippen LogP contribution in [0.2, 0.25) is 0 Å². The molecule has 1 aliphatic heterocycles. The Morgan fingerprint density at radius 1 is 0.758 bits per heavy atom. The molecule has 1 rings (SSSR count). The van der Waals surface area contributed by atoms with Gasteiger partial charge in [-0.3, -0.25) is 4.79 Å². The van der Waals surface area contributed by atoms with E-state index >= 15 is 0 Å². The predicted octanol–water partition coefficient (Wildman–Crippen LogP) is 8.58. The molecular weight excluding hydrogens is 408 g/mol. The second kappa shape index (κ2) is 18.7. The fourth-order valence-corrected chi connectivity index (χ4v) is 3.76. The van der Waals surface area contributed by atoms with Gasteiger partial charge in [0.1, 0.15) is 6.29 Å². The molecule has 3 heteroatoms. The molecule has 0 aromatic rings. The van der Waals surface area contributed by atoms with Crippen LogP contribution in [0.25, 0.3) is 0 Å². The van der Waals surface area contributed by atoms with E-state index in [9.17, 15) is 4.79 Å². The summed E-state index contributed by atoms with van der Waals surface area (Å²) in [6, 6.07) is 0. The standard InChI is InChI=1S/C30H48O3/c1-25(2)12-8-13-26(3)14-9-15-27(4)16-10-18-29(24-31)19-11-17-28(5)21-23-33-30-20-6-7-22-32-30/h12,14,16,19,21,24,30H,6-11,13,15,17-18,20,22-23H2,1-5H3. The molecular formula is C30H48O3. The number of hydrogen-bond donors (Lipinski definition) is 0. The fourth-order valence-electron chi connectivity index (χ4n) is 3.76. The number of carbonyl (C=O) groups excluding carboxylic acids is 1. The molecule has 1 atom stereocenters. The van der Waals surface area contributed by atoms with Crippen LogP contribution in [0.3, 0.4) is 0 Å². The molecule has 0 spiro atoms. The average Bonchev–Trinajstić information content (AvgIpc) is 2.78. The molecule has 0 aliphatic carbocycles. The van der Waals surface area contributed by atoms with E-state index in [1.165, 1.54) is 28.7 Å². The van der Waals surface area contributed by atoms with Crippen molar-refractivity contribution < 1.29 is 14.3 Å². The zero-order chi connectivity index (χ0) is 24.3. The lowest BCUT2D eigenvalue weighted by molar-refractivity contribution is -0.155. The van der Waals surface area contributed by atoms with E-state index < -0.39 is 0 Å². The van der Waals surface area contributed by atoms with E-state index in [0.717, 1.165) is 82.7 Å². The smallest absolute Gasteiger partial charge is 0.157 e. The summed E-state index contributed by atoms with van der Waals surface area (Å²) in [5, 5.41) is 0. The molecule has 1 saturated heterocycles. The molecule has 0 aromatic carbocycles. The molecule has 1 unspecified atom stereocenters. The molecule has 0 N–H and O–H groups in total. The number of rotatable bonds is 16. The van der Waals surface area contributed by atoms with Gasteiger partial charge in [-0.1, -0.05) is 52.7 Å². The molecule has 0 radical (unpaired) electrons. The Bertz CT molecular complexity index is 696. The van der Waals surface area contributed by atoms with Gasteiger partial charge in [-0.2, -0.15) is 0 Å². The van der Waals surface area contributed by atoms with Gasteiger partial charge in [0.25, 0.3) is 0 Å². The number of ether oxygens (including phenoxy) is 2. The highest BCUT2D eigenvalue weighted by atomic mass is 16.7. The Labute approximate surface area is 203 Å². The van der Waals surface area contributed by atoms with Gasteiger partial charge in [-0.15, -0.1) is 0 Å². The molecule has 0 saturated carbocycles. The summed E-state index contributed by atoms with van der Waals surface area (Å²) in [5.41, 5.74) is 6.49. The molecule has 1 fully saturated rings. The van der Waals surface area contributed by atoms with Crippen molar-refractivity contribution in [1.29, 1.82) is 0 Å². The van der Waals surface area contributed by atoms with Gasteiger partial charge in [-0.05, 0) is 111 Å². The molecule has 0 bridgehead atoms. The second-order valence-corrected chi connectivity index (χ2v) is 9.61. The molecule has 186 valence electrons. The Morgan fingerprint density at radius 2 is 1.33 bits per heavy atom. The lowest BCUT2D eigenvalue weighted by Gasteiger charge is -2.22. The van der Waals surface area contributed by atoms with Crippen LogP contribution in [0, 0.1) is 0 Å². The SMILES string of the molecule is CC(C)=CCCC(C)=CCCC(C)=CCCC(C=O)=CCCC(C)=CCOC1CCCCO1. The maximum atomic E-state index is 11.4. The number of aldehydes is 1. The zero-order valence-corrected chi connectivity index (χ0v) is 22.0. The van der Waals surface area contributed by atoms with Crippen LogP contribution < -0.4 is 0 Å². The second-order valence-electron chi connectivity index (χ2n) is 9.61. The van der Waals surface area contributed by atoms with Crippen molar-refractivity contribution in [1.82, 2.24) is 0 Å². The minimum Gasteiger partial charge on any atom is -0.353 e. The number of carbonyl (C=O) groups is 1. The van der Waals surface area contributed by atoms with E-state index in [-0.39, 0.29) is 6.29 Å². The first-order chi connectivity index (χ1) is 15.9. The molecule has 1 aliphatic rings. The summed E-state index contributed by atoms with van der Waals surface area (Å²) >= 11 is 0. The van der Waals surface area contributed by atoms with Crippen LogP contribution in [-0.4, -0.2) is 25.8 Å². The third-order valence-electron chi connectivity index (χ3n) is 6.00.